The number of pyridine rings is 1. The Morgan fingerprint density at radius 3 is 2.28 bits per heavy atom. The zero-order valence-electron chi connectivity index (χ0n) is 17.0. The zero-order valence-corrected chi connectivity index (χ0v) is 17.0. The summed E-state index contributed by atoms with van der Waals surface area (Å²) < 4.78 is 44.3. The first-order valence-corrected chi connectivity index (χ1v) is 10.2. The van der Waals surface area contributed by atoms with Gasteiger partial charge in [0.2, 0.25) is 0 Å². The number of carbonyl (C=O) groups excluding carboxylic acids is 1. The topological polar surface area (TPSA) is 39.2 Å². The fraction of sp³-hybridized carbons (Fsp3) is 0.478. The van der Waals surface area contributed by atoms with Crippen molar-refractivity contribution in [1.29, 1.82) is 0 Å². The van der Waals surface area contributed by atoms with Crippen LogP contribution in [0.2, 0.25) is 0 Å². The van der Waals surface area contributed by atoms with Gasteiger partial charge >= 0.3 is 12.1 Å². The number of benzene rings is 1. The van der Waals surface area contributed by atoms with Crippen molar-refractivity contribution in [3.8, 4) is 17.0 Å². The van der Waals surface area contributed by atoms with Crippen molar-refractivity contribution in [2.45, 2.75) is 65.0 Å². The van der Waals surface area contributed by atoms with Crippen molar-refractivity contribution in [2.75, 3.05) is 0 Å². The SMILES string of the molecule is CCCCc1ccc(-c2ccc(OC(=O)CC(CCCC)C(F)(F)F)cc2)nc1. The van der Waals surface area contributed by atoms with Crippen LogP contribution in [0.1, 0.15) is 57.9 Å². The minimum Gasteiger partial charge on any atom is -0.427 e. The first kappa shape index (κ1) is 22.9. The van der Waals surface area contributed by atoms with E-state index in [1.54, 1.807) is 24.3 Å². The molecule has 0 radical (unpaired) electrons. The van der Waals surface area contributed by atoms with E-state index in [-0.39, 0.29) is 12.2 Å². The highest BCUT2D eigenvalue weighted by Gasteiger charge is 2.40. The number of aromatic nitrogens is 1. The van der Waals surface area contributed by atoms with Gasteiger partial charge < -0.3 is 4.74 Å². The summed E-state index contributed by atoms with van der Waals surface area (Å²) in [5.74, 6) is -2.30. The Balaban J connectivity index is 1.96. The zero-order chi connectivity index (χ0) is 21.3. The first-order chi connectivity index (χ1) is 13.8. The maximum absolute atomic E-state index is 13.1. The van der Waals surface area contributed by atoms with Gasteiger partial charge in [0.05, 0.1) is 18.0 Å². The van der Waals surface area contributed by atoms with E-state index in [0.717, 1.165) is 30.5 Å². The Bertz CT molecular complexity index is 755. The third kappa shape index (κ3) is 7.52. The quantitative estimate of drug-likeness (QED) is 0.323. The molecule has 6 heteroatoms. The molecule has 0 saturated carbocycles. The molecule has 0 fully saturated rings. The van der Waals surface area contributed by atoms with Gasteiger partial charge in [-0.25, -0.2) is 0 Å². The number of unbranched alkanes of at least 4 members (excludes halogenated alkanes) is 2. The van der Waals surface area contributed by atoms with Crippen molar-refractivity contribution in [3.05, 3.63) is 48.2 Å². The Labute approximate surface area is 170 Å². The summed E-state index contributed by atoms with van der Waals surface area (Å²) in [6.07, 6.45) is 1.06. The lowest BCUT2D eigenvalue weighted by Crippen LogP contribution is -2.27. The van der Waals surface area contributed by atoms with Gasteiger partial charge in [0, 0.05) is 11.8 Å². The largest absolute Gasteiger partial charge is 0.427 e. The van der Waals surface area contributed by atoms with Crippen molar-refractivity contribution in [1.82, 2.24) is 4.98 Å². The molecule has 1 heterocycles. The van der Waals surface area contributed by atoms with E-state index < -0.39 is 24.5 Å². The third-order valence-electron chi connectivity index (χ3n) is 4.81. The van der Waals surface area contributed by atoms with E-state index in [4.69, 9.17) is 4.74 Å². The maximum atomic E-state index is 13.1. The molecule has 0 bridgehead atoms. The summed E-state index contributed by atoms with van der Waals surface area (Å²) in [5.41, 5.74) is 2.83. The average Bonchev–Trinajstić information content (AvgIpc) is 2.69. The lowest BCUT2D eigenvalue weighted by molar-refractivity contribution is -0.183. The minimum atomic E-state index is -4.40. The number of ether oxygens (including phenoxy) is 1. The molecule has 1 atom stereocenters. The summed E-state index contributed by atoms with van der Waals surface area (Å²) in [5, 5.41) is 0. The normalized spacial score (nSPS) is 12.6. The monoisotopic (exact) mass is 407 g/mol. The van der Waals surface area contributed by atoms with Crippen LogP contribution in [0.5, 0.6) is 5.75 Å². The summed E-state index contributed by atoms with van der Waals surface area (Å²) >= 11 is 0. The molecule has 0 aliphatic rings. The van der Waals surface area contributed by atoms with E-state index >= 15 is 0 Å². The highest BCUT2D eigenvalue weighted by molar-refractivity contribution is 5.73. The number of hydrogen-bond donors (Lipinski definition) is 0. The Kier molecular flexibility index (Phi) is 8.68. The molecule has 1 unspecified atom stereocenters. The van der Waals surface area contributed by atoms with E-state index in [1.165, 1.54) is 5.56 Å². The fourth-order valence-electron chi connectivity index (χ4n) is 3.02. The van der Waals surface area contributed by atoms with E-state index in [9.17, 15) is 18.0 Å². The van der Waals surface area contributed by atoms with Crippen LogP contribution >= 0.6 is 0 Å². The third-order valence-corrected chi connectivity index (χ3v) is 4.81. The van der Waals surface area contributed by atoms with Crippen LogP contribution in [0.4, 0.5) is 13.2 Å². The van der Waals surface area contributed by atoms with Crippen LogP contribution < -0.4 is 4.74 Å². The first-order valence-electron chi connectivity index (χ1n) is 10.2. The van der Waals surface area contributed by atoms with Crippen LogP contribution in [-0.4, -0.2) is 17.1 Å². The molecule has 2 aromatic rings. The van der Waals surface area contributed by atoms with Gasteiger partial charge in [0.1, 0.15) is 5.75 Å². The van der Waals surface area contributed by atoms with Gasteiger partial charge in [0.15, 0.2) is 0 Å². The molecular formula is C23H28F3NO2. The summed E-state index contributed by atoms with van der Waals surface area (Å²) in [6.45, 7) is 3.96. The van der Waals surface area contributed by atoms with Gasteiger partial charge in [-0.05, 0) is 55.2 Å². The van der Waals surface area contributed by atoms with Crippen LogP contribution in [0.3, 0.4) is 0 Å². The Morgan fingerprint density at radius 1 is 1.03 bits per heavy atom. The molecule has 0 spiro atoms. The van der Waals surface area contributed by atoms with Gasteiger partial charge in [-0.2, -0.15) is 13.2 Å². The molecule has 0 aliphatic heterocycles. The van der Waals surface area contributed by atoms with E-state index in [0.29, 0.717) is 12.8 Å². The highest BCUT2D eigenvalue weighted by Crippen LogP contribution is 2.33. The summed E-state index contributed by atoms with van der Waals surface area (Å²) in [6, 6.07) is 10.6. The molecule has 0 N–H and O–H groups in total. The maximum Gasteiger partial charge on any atom is 0.392 e. The van der Waals surface area contributed by atoms with Gasteiger partial charge in [-0.3, -0.25) is 9.78 Å². The van der Waals surface area contributed by atoms with Crippen LogP contribution in [0, 0.1) is 5.92 Å². The number of alkyl halides is 3. The average molecular weight is 407 g/mol. The van der Waals surface area contributed by atoms with Crippen molar-refractivity contribution in [2.24, 2.45) is 5.92 Å². The second-order valence-electron chi connectivity index (χ2n) is 7.24. The summed E-state index contributed by atoms with van der Waals surface area (Å²) in [7, 11) is 0. The predicted molar refractivity (Wildman–Crippen MR) is 108 cm³/mol. The molecule has 29 heavy (non-hydrogen) atoms. The second-order valence-corrected chi connectivity index (χ2v) is 7.24. The number of esters is 1. The predicted octanol–water partition coefficient (Wildman–Crippen LogP) is 6.76. The van der Waals surface area contributed by atoms with Gasteiger partial charge in [-0.15, -0.1) is 0 Å². The highest BCUT2D eigenvalue weighted by atomic mass is 19.4. The molecular weight excluding hydrogens is 379 g/mol. The van der Waals surface area contributed by atoms with Crippen molar-refractivity contribution in [3.63, 3.8) is 0 Å². The molecule has 3 nitrogen and oxygen atoms in total. The Morgan fingerprint density at radius 2 is 1.72 bits per heavy atom. The second kappa shape index (κ2) is 11.0. The standard InChI is InChI=1S/C23H28F3NO2/c1-3-5-7-17-9-14-21(27-16-17)18-10-12-20(13-11-18)29-22(28)15-19(8-6-4-2)23(24,25)26/h9-14,16,19H,3-8,15H2,1-2H3. The molecule has 0 amide bonds. The smallest absolute Gasteiger partial charge is 0.392 e. The van der Waals surface area contributed by atoms with Gasteiger partial charge in [0.25, 0.3) is 0 Å². The van der Waals surface area contributed by atoms with Crippen LogP contribution in [-0.2, 0) is 11.2 Å². The molecule has 0 saturated heterocycles. The number of rotatable bonds is 10. The van der Waals surface area contributed by atoms with Crippen molar-refractivity contribution < 1.29 is 22.7 Å². The van der Waals surface area contributed by atoms with E-state index in [2.05, 4.69) is 11.9 Å². The number of halogens is 3. The minimum absolute atomic E-state index is 0.0615. The summed E-state index contributed by atoms with van der Waals surface area (Å²) in [4.78, 5) is 16.4. The molecule has 2 rings (SSSR count). The number of aryl methyl sites for hydroxylation is 1. The number of nitrogens with zero attached hydrogens (tertiary/aromatic N) is 1. The lowest BCUT2D eigenvalue weighted by atomic mass is 9.98. The molecule has 0 aliphatic carbocycles. The number of carbonyl (C=O) groups is 1. The Hall–Kier alpha value is -2.37. The van der Waals surface area contributed by atoms with Crippen LogP contribution in [0.15, 0.2) is 42.6 Å². The molecule has 1 aromatic heterocycles. The number of hydrogen-bond acceptors (Lipinski definition) is 3. The van der Waals surface area contributed by atoms with Crippen LogP contribution in [0.25, 0.3) is 11.3 Å². The van der Waals surface area contributed by atoms with E-state index in [1.807, 2.05) is 25.3 Å². The lowest BCUT2D eigenvalue weighted by Gasteiger charge is -2.19. The molecule has 158 valence electrons. The molecule has 1 aromatic carbocycles. The van der Waals surface area contributed by atoms with Crippen molar-refractivity contribution >= 4 is 5.97 Å². The van der Waals surface area contributed by atoms with Gasteiger partial charge in [-0.1, -0.05) is 39.2 Å². The fourth-order valence-corrected chi connectivity index (χ4v) is 3.02.